The van der Waals surface area contributed by atoms with E-state index in [-0.39, 0.29) is 17.5 Å². The summed E-state index contributed by atoms with van der Waals surface area (Å²) in [4.78, 5) is 11.6. The molecule has 0 aromatic heterocycles. The molecule has 13 heteroatoms. The maximum absolute atomic E-state index is 12.6. The van der Waals surface area contributed by atoms with Gasteiger partial charge < -0.3 is 4.74 Å². The monoisotopic (exact) mass is 436 g/mol. The summed E-state index contributed by atoms with van der Waals surface area (Å²) in [7, 11) is -5.59. The maximum atomic E-state index is 12.6. The Labute approximate surface area is 164 Å². The summed E-state index contributed by atoms with van der Waals surface area (Å²) < 4.78 is 58.1. The molecule has 0 bridgehead atoms. The molecule has 1 saturated heterocycles. The van der Waals surface area contributed by atoms with E-state index >= 15 is 0 Å². The van der Waals surface area contributed by atoms with Crippen LogP contribution in [0.15, 0.2) is 28.0 Å². The molecule has 11 nitrogen and oxygen atoms in total. The molecule has 0 saturated carbocycles. The summed E-state index contributed by atoms with van der Waals surface area (Å²) in [6, 6.07) is 2.61. The normalized spacial score (nSPS) is 17.6. The van der Waals surface area contributed by atoms with E-state index in [2.05, 4.69) is 4.72 Å². The first-order chi connectivity index (χ1) is 13.0. The first-order valence-corrected chi connectivity index (χ1v) is 11.4. The Morgan fingerprint density at radius 3 is 2.39 bits per heavy atom. The van der Waals surface area contributed by atoms with Gasteiger partial charge in [0, 0.05) is 45.8 Å². The highest BCUT2D eigenvalue weighted by atomic mass is 32.2. The average Bonchev–Trinajstić information content (AvgIpc) is 2.66. The highest BCUT2D eigenvalue weighted by Crippen LogP contribution is 2.28. The number of hydrogen-bond donors (Lipinski definition) is 1. The van der Waals surface area contributed by atoms with Crippen molar-refractivity contribution in [1.82, 2.24) is 13.9 Å². The second-order valence-electron chi connectivity index (χ2n) is 6.52. The third-order valence-corrected chi connectivity index (χ3v) is 7.72. The standard InChI is InChI=1S/C15H24N4O7S2/c1-12(18-6-8-26-9-7-18)11-16-27(22,23)15-5-4-13(10-14(15)19(20)21)28(24,25)17(2)3/h4-5,10,12,16H,6-9,11H2,1-3H3. The number of nitro groups is 1. The third-order valence-electron chi connectivity index (χ3n) is 4.43. The lowest BCUT2D eigenvalue weighted by Gasteiger charge is -2.32. The maximum Gasteiger partial charge on any atom is 0.290 e. The minimum Gasteiger partial charge on any atom is -0.379 e. The average molecular weight is 437 g/mol. The van der Waals surface area contributed by atoms with E-state index in [1.165, 1.54) is 14.1 Å². The van der Waals surface area contributed by atoms with Gasteiger partial charge in [-0.25, -0.2) is 25.9 Å². The van der Waals surface area contributed by atoms with Crippen molar-refractivity contribution in [2.45, 2.75) is 22.8 Å². The predicted molar refractivity (Wildman–Crippen MR) is 101 cm³/mol. The zero-order valence-electron chi connectivity index (χ0n) is 15.9. The summed E-state index contributed by atoms with van der Waals surface area (Å²) in [5.74, 6) is 0. The van der Waals surface area contributed by atoms with Crippen molar-refractivity contribution in [2.75, 3.05) is 46.9 Å². The molecule has 28 heavy (non-hydrogen) atoms. The smallest absolute Gasteiger partial charge is 0.290 e. The van der Waals surface area contributed by atoms with Gasteiger partial charge >= 0.3 is 0 Å². The van der Waals surface area contributed by atoms with Gasteiger partial charge in [-0.15, -0.1) is 0 Å². The summed E-state index contributed by atoms with van der Waals surface area (Å²) in [6.45, 7) is 4.35. The minimum absolute atomic E-state index is 0.0528. The highest BCUT2D eigenvalue weighted by molar-refractivity contribution is 7.90. The van der Waals surface area contributed by atoms with Crippen LogP contribution >= 0.6 is 0 Å². The zero-order chi connectivity index (χ0) is 21.1. The van der Waals surface area contributed by atoms with Gasteiger partial charge in [-0.3, -0.25) is 15.0 Å². The van der Waals surface area contributed by atoms with E-state index in [9.17, 15) is 26.9 Å². The fraction of sp³-hybridized carbons (Fsp3) is 0.600. The Balaban J connectivity index is 2.28. The number of rotatable bonds is 8. The van der Waals surface area contributed by atoms with Crippen LogP contribution in [-0.2, 0) is 24.8 Å². The molecule has 0 amide bonds. The third kappa shape index (κ3) is 5.04. The first kappa shape index (κ1) is 22.6. The number of nitrogens with one attached hydrogen (secondary N) is 1. The Morgan fingerprint density at radius 1 is 1.25 bits per heavy atom. The zero-order valence-corrected chi connectivity index (χ0v) is 17.5. The van der Waals surface area contributed by atoms with Crippen LogP contribution in [0.1, 0.15) is 6.92 Å². The molecule has 1 fully saturated rings. The SMILES string of the molecule is CC(CNS(=O)(=O)c1ccc(S(=O)(=O)N(C)C)cc1[N+](=O)[O-])N1CCOCC1. The molecule has 1 aliphatic heterocycles. The number of sulfonamides is 2. The van der Waals surface area contributed by atoms with E-state index in [4.69, 9.17) is 4.74 Å². The molecule has 0 spiro atoms. The Morgan fingerprint density at radius 2 is 1.86 bits per heavy atom. The number of morpholine rings is 1. The summed E-state index contributed by atoms with van der Waals surface area (Å²) in [5, 5.41) is 11.4. The van der Waals surface area contributed by atoms with E-state index in [1.807, 2.05) is 11.8 Å². The lowest BCUT2D eigenvalue weighted by Crippen LogP contribution is -2.47. The molecular formula is C15H24N4O7S2. The molecule has 1 unspecified atom stereocenters. The second-order valence-corrected chi connectivity index (χ2v) is 10.4. The van der Waals surface area contributed by atoms with E-state index < -0.39 is 35.6 Å². The molecular weight excluding hydrogens is 412 g/mol. The summed E-state index contributed by atoms with van der Waals surface area (Å²) in [6.07, 6.45) is 0. The molecule has 1 aromatic rings. The van der Waals surface area contributed by atoms with Crippen LogP contribution in [0.5, 0.6) is 0 Å². The second kappa shape index (κ2) is 8.80. The van der Waals surface area contributed by atoms with Crippen molar-refractivity contribution in [3.63, 3.8) is 0 Å². The number of hydrogen-bond acceptors (Lipinski definition) is 8. The molecule has 0 aliphatic carbocycles. The number of ether oxygens (including phenoxy) is 1. The quantitative estimate of drug-likeness (QED) is 0.438. The fourth-order valence-electron chi connectivity index (χ4n) is 2.69. The van der Waals surface area contributed by atoms with Crippen LogP contribution in [0, 0.1) is 10.1 Å². The van der Waals surface area contributed by atoms with Crippen LogP contribution in [0.3, 0.4) is 0 Å². The highest BCUT2D eigenvalue weighted by Gasteiger charge is 2.30. The molecule has 1 aliphatic rings. The van der Waals surface area contributed by atoms with Gasteiger partial charge in [0.2, 0.25) is 20.0 Å². The van der Waals surface area contributed by atoms with Crippen LogP contribution in [-0.4, -0.2) is 83.9 Å². The van der Waals surface area contributed by atoms with Gasteiger partial charge in [0.1, 0.15) is 0 Å². The summed E-state index contributed by atoms with van der Waals surface area (Å²) >= 11 is 0. The molecule has 1 atom stereocenters. The van der Waals surface area contributed by atoms with Crippen molar-refractivity contribution < 1.29 is 26.5 Å². The predicted octanol–water partition coefficient (Wildman–Crippen LogP) is -0.156. The molecule has 2 rings (SSSR count). The Kier molecular flexibility index (Phi) is 7.12. The van der Waals surface area contributed by atoms with Crippen molar-refractivity contribution in [2.24, 2.45) is 0 Å². The van der Waals surface area contributed by atoms with Gasteiger partial charge in [-0.1, -0.05) is 0 Å². The van der Waals surface area contributed by atoms with Crippen LogP contribution < -0.4 is 4.72 Å². The number of benzene rings is 1. The fourth-order valence-corrected chi connectivity index (χ4v) is 4.89. The molecule has 158 valence electrons. The number of nitrogens with zero attached hydrogens (tertiary/aromatic N) is 3. The van der Waals surface area contributed by atoms with Gasteiger partial charge in [0.15, 0.2) is 4.90 Å². The van der Waals surface area contributed by atoms with Crippen molar-refractivity contribution in [1.29, 1.82) is 0 Å². The topological polar surface area (TPSA) is 139 Å². The lowest BCUT2D eigenvalue weighted by molar-refractivity contribution is -0.388. The molecule has 1 aromatic carbocycles. The lowest BCUT2D eigenvalue weighted by atomic mass is 10.2. The molecule has 1 heterocycles. The Bertz CT molecular complexity index is 926. The van der Waals surface area contributed by atoms with Crippen molar-refractivity contribution in [3.05, 3.63) is 28.3 Å². The van der Waals surface area contributed by atoms with Gasteiger partial charge in [-0.05, 0) is 19.1 Å². The van der Waals surface area contributed by atoms with Crippen LogP contribution in [0.4, 0.5) is 5.69 Å². The van der Waals surface area contributed by atoms with Gasteiger partial charge in [0.25, 0.3) is 5.69 Å². The van der Waals surface area contributed by atoms with Crippen LogP contribution in [0.25, 0.3) is 0 Å². The van der Waals surface area contributed by atoms with E-state index in [0.29, 0.717) is 26.3 Å². The van der Waals surface area contributed by atoms with E-state index in [0.717, 1.165) is 22.5 Å². The van der Waals surface area contributed by atoms with E-state index in [1.54, 1.807) is 0 Å². The molecule has 0 radical (unpaired) electrons. The van der Waals surface area contributed by atoms with Gasteiger partial charge in [-0.2, -0.15) is 0 Å². The number of nitro benzene ring substituents is 1. The van der Waals surface area contributed by atoms with Crippen molar-refractivity contribution >= 4 is 25.7 Å². The van der Waals surface area contributed by atoms with Crippen molar-refractivity contribution in [3.8, 4) is 0 Å². The molecule has 1 N–H and O–H groups in total. The van der Waals surface area contributed by atoms with Gasteiger partial charge in [0.05, 0.1) is 23.0 Å². The van der Waals surface area contributed by atoms with Crippen LogP contribution in [0.2, 0.25) is 0 Å². The largest absolute Gasteiger partial charge is 0.379 e. The first-order valence-electron chi connectivity index (χ1n) is 8.49. The Hall–Kier alpha value is -1.64. The summed E-state index contributed by atoms with van der Waals surface area (Å²) in [5.41, 5.74) is -0.797. The minimum atomic E-state index is -4.21.